The van der Waals surface area contributed by atoms with Crippen LogP contribution >= 0.6 is 0 Å². The second-order valence-corrected chi connectivity index (χ2v) is 5.50. The van der Waals surface area contributed by atoms with Crippen LogP contribution in [0, 0.1) is 5.92 Å². The van der Waals surface area contributed by atoms with Gasteiger partial charge in [-0.15, -0.1) is 0 Å². The first-order valence-corrected chi connectivity index (χ1v) is 7.31. The second kappa shape index (κ2) is 8.77. The lowest BCUT2D eigenvalue weighted by atomic mass is 10.0. The predicted molar refractivity (Wildman–Crippen MR) is 83.6 cm³/mol. The van der Waals surface area contributed by atoms with E-state index < -0.39 is 30.1 Å². The van der Waals surface area contributed by atoms with Gasteiger partial charge >= 0.3 is 12.1 Å². The van der Waals surface area contributed by atoms with Gasteiger partial charge < -0.3 is 20.5 Å². The largest absolute Gasteiger partial charge is 0.480 e. The summed E-state index contributed by atoms with van der Waals surface area (Å²) in [5.74, 6) is -1.97. The first-order valence-electron chi connectivity index (χ1n) is 7.31. The summed E-state index contributed by atoms with van der Waals surface area (Å²) in [6, 6.07) is 7.21. The fraction of sp³-hybridized carbons (Fsp3) is 0.438. The molecule has 7 nitrogen and oxygen atoms in total. The van der Waals surface area contributed by atoms with E-state index in [4.69, 9.17) is 9.84 Å². The zero-order valence-electron chi connectivity index (χ0n) is 13.4. The molecular formula is C16H22N2O5. The molecular weight excluding hydrogens is 300 g/mol. The third kappa shape index (κ3) is 6.37. The zero-order valence-corrected chi connectivity index (χ0v) is 13.4. The third-order valence-corrected chi connectivity index (χ3v) is 3.17. The summed E-state index contributed by atoms with van der Waals surface area (Å²) >= 11 is 0. The van der Waals surface area contributed by atoms with Crippen LogP contribution in [0.25, 0.3) is 0 Å². The molecule has 0 bridgehead atoms. The van der Waals surface area contributed by atoms with Crippen molar-refractivity contribution in [3.8, 4) is 0 Å². The van der Waals surface area contributed by atoms with Crippen molar-refractivity contribution in [1.29, 1.82) is 0 Å². The lowest BCUT2D eigenvalue weighted by Gasteiger charge is -2.21. The maximum atomic E-state index is 11.9. The first kappa shape index (κ1) is 18.5. The Morgan fingerprint density at radius 2 is 1.70 bits per heavy atom. The molecule has 0 radical (unpaired) electrons. The fourth-order valence-corrected chi connectivity index (χ4v) is 1.80. The Kier molecular flexibility index (Phi) is 7.05. The molecule has 1 aromatic rings. The van der Waals surface area contributed by atoms with Gasteiger partial charge in [-0.3, -0.25) is 4.79 Å². The van der Waals surface area contributed by atoms with Crippen LogP contribution in [0.2, 0.25) is 0 Å². The van der Waals surface area contributed by atoms with Crippen LogP contribution in [0.5, 0.6) is 0 Å². The molecule has 1 aromatic carbocycles. The molecule has 0 aliphatic carbocycles. The first-order chi connectivity index (χ1) is 10.8. The number of aliphatic carboxylic acids is 1. The lowest BCUT2D eigenvalue weighted by Crippen LogP contribution is -2.52. The van der Waals surface area contributed by atoms with Gasteiger partial charge in [-0.2, -0.15) is 0 Å². The summed E-state index contributed by atoms with van der Waals surface area (Å²) in [6.45, 7) is 4.92. The number of hydrogen-bond acceptors (Lipinski definition) is 4. The molecule has 0 spiro atoms. The Bertz CT molecular complexity index is 545. The minimum Gasteiger partial charge on any atom is -0.480 e. The smallest absolute Gasteiger partial charge is 0.408 e. The zero-order chi connectivity index (χ0) is 17.4. The van der Waals surface area contributed by atoms with E-state index in [0.717, 1.165) is 5.56 Å². The van der Waals surface area contributed by atoms with Crippen LogP contribution < -0.4 is 10.6 Å². The average molecular weight is 322 g/mol. The number of amides is 2. The standard InChI is InChI=1S/C16H22N2O5/c1-10(2)13(15(20)21)18-14(19)11(3)17-16(22)23-9-12-7-5-4-6-8-12/h4-8,10-11,13H,9H2,1-3H3,(H,17,22)(H,18,19)(H,20,21). The number of ether oxygens (including phenoxy) is 1. The van der Waals surface area contributed by atoms with Gasteiger partial charge in [-0.05, 0) is 18.4 Å². The van der Waals surface area contributed by atoms with Crippen molar-refractivity contribution in [3.63, 3.8) is 0 Å². The molecule has 2 amide bonds. The van der Waals surface area contributed by atoms with Gasteiger partial charge in [-0.1, -0.05) is 44.2 Å². The van der Waals surface area contributed by atoms with E-state index in [2.05, 4.69) is 10.6 Å². The highest BCUT2D eigenvalue weighted by Gasteiger charge is 2.26. The van der Waals surface area contributed by atoms with Crippen molar-refractivity contribution < 1.29 is 24.2 Å². The summed E-state index contributed by atoms with van der Waals surface area (Å²) in [4.78, 5) is 34.6. The van der Waals surface area contributed by atoms with Crippen LogP contribution in [0.3, 0.4) is 0 Å². The molecule has 1 rings (SSSR count). The third-order valence-electron chi connectivity index (χ3n) is 3.17. The predicted octanol–water partition coefficient (Wildman–Crippen LogP) is 1.53. The molecule has 0 aromatic heterocycles. The SMILES string of the molecule is CC(NC(=O)OCc1ccccc1)C(=O)NC(C(=O)O)C(C)C. The van der Waals surface area contributed by atoms with E-state index in [1.807, 2.05) is 30.3 Å². The number of rotatable bonds is 7. The molecule has 2 atom stereocenters. The molecule has 0 saturated carbocycles. The van der Waals surface area contributed by atoms with Gasteiger partial charge in [0.05, 0.1) is 0 Å². The van der Waals surface area contributed by atoms with Crippen LogP contribution in [-0.2, 0) is 20.9 Å². The number of carboxylic acid groups (broad SMARTS) is 1. The molecule has 23 heavy (non-hydrogen) atoms. The van der Waals surface area contributed by atoms with Gasteiger partial charge in [0.15, 0.2) is 0 Å². The van der Waals surface area contributed by atoms with Crippen LogP contribution in [0.4, 0.5) is 4.79 Å². The molecule has 7 heteroatoms. The number of hydrogen-bond donors (Lipinski definition) is 3. The van der Waals surface area contributed by atoms with Crippen LogP contribution in [0.1, 0.15) is 26.3 Å². The monoisotopic (exact) mass is 322 g/mol. The van der Waals surface area contributed by atoms with E-state index in [1.54, 1.807) is 13.8 Å². The minimum atomic E-state index is -1.12. The molecule has 0 heterocycles. The summed E-state index contributed by atoms with van der Waals surface area (Å²) in [5, 5.41) is 13.8. The number of nitrogens with one attached hydrogen (secondary N) is 2. The second-order valence-electron chi connectivity index (χ2n) is 5.50. The number of carbonyl (C=O) groups is 3. The van der Waals surface area contributed by atoms with E-state index in [9.17, 15) is 14.4 Å². The number of carboxylic acids is 1. The summed E-state index contributed by atoms with van der Waals surface area (Å²) < 4.78 is 5.00. The van der Waals surface area contributed by atoms with Gasteiger partial charge in [-0.25, -0.2) is 9.59 Å². The summed E-state index contributed by atoms with van der Waals surface area (Å²) in [5.41, 5.74) is 0.825. The Labute approximate surface area is 135 Å². The van der Waals surface area contributed by atoms with Crippen LogP contribution in [0.15, 0.2) is 30.3 Å². The fourth-order valence-electron chi connectivity index (χ4n) is 1.80. The number of benzene rings is 1. The lowest BCUT2D eigenvalue weighted by molar-refractivity contribution is -0.143. The Morgan fingerprint density at radius 3 is 2.22 bits per heavy atom. The molecule has 0 aliphatic rings. The molecule has 0 fully saturated rings. The summed E-state index contributed by atoms with van der Waals surface area (Å²) in [7, 11) is 0. The quantitative estimate of drug-likeness (QED) is 0.706. The maximum Gasteiger partial charge on any atom is 0.408 e. The maximum absolute atomic E-state index is 11.9. The van der Waals surface area contributed by atoms with E-state index >= 15 is 0 Å². The van der Waals surface area contributed by atoms with Crippen molar-refractivity contribution in [3.05, 3.63) is 35.9 Å². The van der Waals surface area contributed by atoms with Crippen molar-refractivity contribution in [2.45, 2.75) is 39.5 Å². The highest BCUT2D eigenvalue weighted by atomic mass is 16.5. The van der Waals surface area contributed by atoms with E-state index in [-0.39, 0.29) is 12.5 Å². The van der Waals surface area contributed by atoms with E-state index in [0.29, 0.717) is 0 Å². The van der Waals surface area contributed by atoms with Gasteiger partial charge in [0.1, 0.15) is 18.7 Å². The number of alkyl carbamates (subject to hydrolysis) is 1. The average Bonchev–Trinajstić information content (AvgIpc) is 2.50. The molecule has 0 saturated heterocycles. The topological polar surface area (TPSA) is 105 Å². The normalized spacial score (nSPS) is 13.0. The number of carbonyl (C=O) groups excluding carboxylic acids is 2. The Hall–Kier alpha value is -2.57. The molecule has 0 aliphatic heterocycles. The Morgan fingerprint density at radius 1 is 1.09 bits per heavy atom. The molecule has 3 N–H and O–H groups in total. The molecule has 126 valence electrons. The highest BCUT2D eigenvalue weighted by molar-refractivity contribution is 5.89. The molecule has 2 unspecified atom stereocenters. The summed E-state index contributed by atoms with van der Waals surface area (Å²) in [6.07, 6.45) is -0.743. The van der Waals surface area contributed by atoms with Crippen molar-refractivity contribution >= 4 is 18.0 Å². The van der Waals surface area contributed by atoms with Crippen molar-refractivity contribution in [1.82, 2.24) is 10.6 Å². The van der Waals surface area contributed by atoms with Crippen molar-refractivity contribution in [2.75, 3.05) is 0 Å². The Balaban J connectivity index is 2.44. The van der Waals surface area contributed by atoms with Crippen molar-refractivity contribution in [2.24, 2.45) is 5.92 Å². The van der Waals surface area contributed by atoms with Gasteiger partial charge in [0, 0.05) is 0 Å². The highest BCUT2D eigenvalue weighted by Crippen LogP contribution is 2.03. The minimum absolute atomic E-state index is 0.0881. The van der Waals surface area contributed by atoms with Gasteiger partial charge in [0.25, 0.3) is 0 Å². The van der Waals surface area contributed by atoms with E-state index in [1.165, 1.54) is 6.92 Å². The van der Waals surface area contributed by atoms with Gasteiger partial charge in [0.2, 0.25) is 5.91 Å². The van der Waals surface area contributed by atoms with Crippen LogP contribution in [-0.4, -0.2) is 35.2 Å².